The Hall–Kier alpha value is -2.20. The van der Waals surface area contributed by atoms with Gasteiger partial charge in [0.1, 0.15) is 0 Å². The van der Waals surface area contributed by atoms with Crippen molar-refractivity contribution in [3.05, 3.63) is 48.2 Å². The second kappa shape index (κ2) is 5.89. The van der Waals surface area contributed by atoms with E-state index in [-0.39, 0.29) is 11.4 Å². The number of benzene rings is 1. The van der Waals surface area contributed by atoms with Gasteiger partial charge in [0.05, 0.1) is 24.3 Å². The minimum atomic E-state index is -0.264. The molecule has 0 spiro atoms. The van der Waals surface area contributed by atoms with Crippen molar-refractivity contribution >= 4 is 22.9 Å². The smallest absolute Gasteiger partial charge is 0.247 e. The lowest BCUT2D eigenvalue weighted by Crippen LogP contribution is -2.55. The summed E-state index contributed by atoms with van der Waals surface area (Å²) in [6.07, 6.45) is 5.29. The number of hydrogen-bond donors (Lipinski definition) is 0. The van der Waals surface area contributed by atoms with E-state index in [4.69, 9.17) is 4.74 Å². The van der Waals surface area contributed by atoms with E-state index in [2.05, 4.69) is 4.98 Å². The number of carbonyl (C=O) groups is 1. The molecule has 0 bridgehead atoms. The van der Waals surface area contributed by atoms with Gasteiger partial charge in [0.15, 0.2) is 0 Å². The first-order valence-corrected chi connectivity index (χ1v) is 7.49. The molecule has 0 radical (unpaired) electrons. The van der Waals surface area contributed by atoms with Crippen molar-refractivity contribution in [3.63, 3.8) is 0 Å². The van der Waals surface area contributed by atoms with Gasteiger partial charge in [-0.15, -0.1) is 0 Å². The SMILES string of the molecule is CC1(C)COCCN1C(=O)/C=C\c1ccnc2ccccc12. The highest BCUT2D eigenvalue weighted by atomic mass is 16.5. The fraction of sp³-hybridized carbons (Fsp3) is 0.333. The quantitative estimate of drug-likeness (QED) is 0.800. The summed E-state index contributed by atoms with van der Waals surface area (Å²) in [4.78, 5) is 18.7. The number of fused-ring (bicyclic) bond motifs is 1. The molecule has 22 heavy (non-hydrogen) atoms. The third kappa shape index (κ3) is 2.88. The molecule has 1 aliphatic heterocycles. The molecule has 1 aromatic heterocycles. The van der Waals surface area contributed by atoms with Gasteiger partial charge in [-0.2, -0.15) is 0 Å². The normalized spacial score (nSPS) is 18.0. The Balaban J connectivity index is 1.85. The van der Waals surface area contributed by atoms with Crippen LogP contribution >= 0.6 is 0 Å². The van der Waals surface area contributed by atoms with Crippen LogP contribution in [0.5, 0.6) is 0 Å². The fourth-order valence-electron chi connectivity index (χ4n) is 2.78. The maximum absolute atomic E-state index is 12.5. The van der Waals surface area contributed by atoms with E-state index in [0.29, 0.717) is 19.8 Å². The van der Waals surface area contributed by atoms with E-state index in [1.54, 1.807) is 12.3 Å². The monoisotopic (exact) mass is 296 g/mol. The van der Waals surface area contributed by atoms with Crippen molar-refractivity contribution in [1.82, 2.24) is 9.88 Å². The molecule has 2 heterocycles. The summed E-state index contributed by atoms with van der Waals surface area (Å²) in [6.45, 7) is 5.86. The Bertz CT molecular complexity index is 717. The van der Waals surface area contributed by atoms with Crippen LogP contribution in [-0.4, -0.2) is 41.1 Å². The van der Waals surface area contributed by atoms with Crippen molar-refractivity contribution in [2.75, 3.05) is 19.8 Å². The van der Waals surface area contributed by atoms with Gasteiger partial charge in [0, 0.05) is 24.2 Å². The third-order valence-corrected chi connectivity index (χ3v) is 4.00. The fourth-order valence-corrected chi connectivity index (χ4v) is 2.78. The van der Waals surface area contributed by atoms with Crippen molar-refractivity contribution < 1.29 is 9.53 Å². The molecule has 3 rings (SSSR count). The predicted molar refractivity (Wildman–Crippen MR) is 87.4 cm³/mol. The molecule has 4 nitrogen and oxygen atoms in total. The van der Waals surface area contributed by atoms with Crippen LogP contribution < -0.4 is 0 Å². The van der Waals surface area contributed by atoms with Gasteiger partial charge >= 0.3 is 0 Å². The summed E-state index contributed by atoms with van der Waals surface area (Å²) >= 11 is 0. The maximum Gasteiger partial charge on any atom is 0.247 e. The average Bonchev–Trinajstić information content (AvgIpc) is 2.52. The number of rotatable bonds is 2. The third-order valence-electron chi connectivity index (χ3n) is 4.00. The Morgan fingerprint density at radius 2 is 2.14 bits per heavy atom. The molecular formula is C18H20N2O2. The number of nitrogens with zero attached hydrogens (tertiary/aromatic N) is 2. The topological polar surface area (TPSA) is 42.4 Å². The van der Waals surface area contributed by atoms with E-state index in [1.807, 2.05) is 55.2 Å². The summed E-state index contributed by atoms with van der Waals surface area (Å²) < 4.78 is 5.46. The lowest BCUT2D eigenvalue weighted by atomic mass is 10.0. The van der Waals surface area contributed by atoms with Crippen LogP contribution in [0.4, 0.5) is 0 Å². The van der Waals surface area contributed by atoms with E-state index < -0.39 is 0 Å². The molecule has 4 heteroatoms. The van der Waals surface area contributed by atoms with Crippen LogP contribution in [0.2, 0.25) is 0 Å². The number of ether oxygens (including phenoxy) is 1. The highest BCUT2D eigenvalue weighted by Gasteiger charge is 2.32. The second-order valence-corrected chi connectivity index (χ2v) is 6.11. The molecule has 0 N–H and O–H groups in total. The van der Waals surface area contributed by atoms with Crippen molar-refractivity contribution in [3.8, 4) is 0 Å². The minimum Gasteiger partial charge on any atom is -0.377 e. The zero-order chi connectivity index (χ0) is 15.6. The Morgan fingerprint density at radius 3 is 2.95 bits per heavy atom. The van der Waals surface area contributed by atoms with Gasteiger partial charge in [-0.05, 0) is 37.6 Å². The first-order valence-electron chi connectivity index (χ1n) is 7.49. The van der Waals surface area contributed by atoms with Gasteiger partial charge in [-0.3, -0.25) is 9.78 Å². The first kappa shape index (κ1) is 14.7. The molecule has 0 aliphatic carbocycles. The average molecular weight is 296 g/mol. The van der Waals surface area contributed by atoms with Crippen LogP contribution in [0.15, 0.2) is 42.6 Å². The van der Waals surface area contributed by atoms with Crippen molar-refractivity contribution in [2.24, 2.45) is 0 Å². The number of pyridine rings is 1. The van der Waals surface area contributed by atoms with Crippen LogP contribution in [0, 0.1) is 0 Å². The first-order chi connectivity index (χ1) is 10.6. The molecule has 0 unspecified atom stereocenters. The number of hydrogen-bond acceptors (Lipinski definition) is 3. The number of aromatic nitrogens is 1. The van der Waals surface area contributed by atoms with Crippen LogP contribution in [-0.2, 0) is 9.53 Å². The van der Waals surface area contributed by atoms with Gasteiger partial charge in [-0.1, -0.05) is 18.2 Å². The highest BCUT2D eigenvalue weighted by molar-refractivity contribution is 5.96. The van der Waals surface area contributed by atoms with E-state index in [9.17, 15) is 4.79 Å². The van der Waals surface area contributed by atoms with Crippen molar-refractivity contribution in [1.29, 1.82) is 0 Å². The van der Waals surface area contributed by atoms with Gasteiger partial charge < -0.3 is 9.64 Å². The second-order valence-electron chi connectivity index (χ2n) is 6.11. The molecule has 0 saturated carbocycles. The zero-order valence-corrected chi connectivity index (χ0v) is 13.0. The van der Waals surface area contributed by atoms with Crippen LogP contribution in [0.25, 0.3) is 17.0 Å². The van der Waals surface area contributed by atoms with Gasteiger partial charge in [0.2, 0.25) is 5.91 Å². The number of para-hydroxylation sites is 1. The van der Waals surface area contributed by atoms with Crippen LogP contribution in [0.3, 0.4) is 0 Å². The number of amides is 1. The van der Waals surface area contributed by atoms with Gasteiger partial charge in [0.25, 0.3) is 0 Å². The minimum absolute atomic E-state index is 0.0224. The lowest BCUT2D eigenvalue weighted by Gasteiger charge is -2.41. The van der Waals surface area contributed by atoms with E-state index in [1.165, 1.54) is 0 Å². The summed E-state index contributed by atoms with van der Waals surface area (Å²) in [5, 5.41) is 1.05. The Labute approximate surface area is 130 Å². The summed E-state index contributed by atoms with van der Waals surface area (Å²) in [7, 11) is 0. The molecule has 1 saturated heterocycles. The largest absolute Gasteiger partial charge is 0.377 e. The molecule has 1 fully saturated rings. The molecule has 1 amide bonds. The molecule has 2 aromatic rings. The van der Waals surface area contributed by atoms with E-state index in [0.717, 1.165) is 16.5 Å². The van der Waals surface area contributed by atoms with Crippen molar-refractivity contribution in [2.45, 2.75) is 19.4 Å². The van der Waals surface area contributed by atoms with E-state index >= 15 is 0 Å². The Morgan fingerprint density at radius 1 is 1.32 bits per heavy atom. The number of carbonyl (C=O) groups excluding carboxylic acids is 1. The maximum atomic E-state index is 12.5. The number of morpholine rings is 1. The summed E-state index contributed by atoms with van der Waals surface area (Å²) in [6, 6.07) is 9.86. The molecule has 0 atom stereocenters. The molecule has 114 valence electrons. The Kier molecular flexibility index (Phi) is 3.94. The molecule has 1 aliphatic rings. The van der Waals surface area contributed by atoms with Crippen LogP contribution in [0.1, 0.15) is 19.4 Å². The van der Waals surface area contributed by atoms with Gasteiger partial charge in [-0.25, -0.2) is 0 Å². The zero-order valence-electron chi connectivity index (χ0n) is 13.0. The predicted octanol–water partition coefficient (Wildman–Crippen LogP) is 2.89. The highest BCUT2D eigenvalue weighted by Crippen LogP contribution is 2.21. The summed E-state index contributed by atoms with van der Waals surface area (Å²) in [5.74, 6) is 0.0224. The lowest BCUT2D eigenvalue weighted by molar-refractivity contribution is -0.140. The molecular weight excluding hydrogens is 276 g/mol. The standard InChI is InChI=1S/C18H20N2O2/c1-18(2)13-22-12-11-20(18)17(21)8-7-14-9-10-19-16-6-4-3-5-15(14)16/h3-10H,11-13H2,1-2H3/b8-7-. The molecule has 1 aromatic carbocycles. The summed E-state index contributed by atoms with van der Waals surface area (Å²) in [5.41, 5.74) is 1.67.